The van der Waals surface area contributed by atoms with Crippen molar-refractivity contribution in [2.75, 3.05) is 0 Å². The van der Waals surface area contributed by atoms with Crippen molar-refractivity contribution in [3.63, 3.8) is 0 Å². The molecule has 0 bridgehead atoms. The number of aromatic amines is 1. The first-order chi connectivity index (χ1) is 12.6. The number of pyridine rings is 1. The Morgan fingerprint density at radius 2 is 1.89 bits per heavy atom. The molecule has 0 fully saturated rings. The van der Waals surface area contributed by atoms with E-state index in [1.807, 2.05) is 13.8 Å². The molecular weight excluding hydrogens is 387 g/mol. The summed E-state index contributed by atoms with van der Waals surface area (Å²) < 4.78 is 0. The van der Waals surface area contributed by atoms with E-state index >= 15 is 0 Å². The smallest absolute Gasteiger partial charge is 0.261 e. The number of fused-ring (bicyclic) bond motifs is 1. The van der Waals surface area contributed by atoms with Gasteiger partial charge < -0.3 is 10.3 Å². The van der Waals surface area contributed by atoms with Crippen molar-refractivity contribution in [1.29, 1.82) is 0 Å². The molecule has 0 aliphatic heterocycles. The molecule has 3 rings (SSSR count). The van der Waals surface area contributed by atoms with E-state index in [9.17, 15) is 14.4 Å². The van der Waals surface area contributed by atoms with E-state index in [2.05, 4.69) is 10.3 Å². The second kappa shape index (κ2) is 7.13. The molecule has 5 nitrogen and oxygen atoms in total. The van der Waals surface area contributed by atoms with Gasteiger partial charge in [0.2, 0.25) is 0 Å². The number of ketones is 1. The third-order valence-corrected chi connectivity index (χ3v) is 5.30. The SMILES string of the molecule is CC(NC(=O)c1cc2c([nH]c1=O)CC(C)(C)CC2=O)c1ccc(Cl)cc1Cl. The lowest BCUT2D eigenvalue weighted by atomic mass is 9.75. The van der Waals surface area contributed by atoms with Crippen LogP contribution < -0.4 is 10.9 Å². The van der Waals surface area contributed by atoms with Crippen LogP contribution in [0.5, 0.6) is 0 Å². The van der Waals surface area contributed by atoms with E-state index in [0.717, 1.165) is 0 Å². The molecule has 1 aliphatic carbocycles. The summed E-state index contributed by atoms with van der Waals surface area (Å²) in [6.45, 7) is 5.71. The Labute approximate surface area is 167 Å². The number of aromatic nitrogens is 1. The van der Waals surface area contributed by atoms with Gasteiger partial charge in [0, 0.05) is 27.7 Å². The maximum Gasteiger partial charge on any atom is 0.261 e. The number of rotatable bonds is 3. The molecule has 27 heavy (non-hydrogen) atoms. The molecule has 1 aliphatic rings. The fourth-order valence-corrected chi connectivity index (χ4v) is 3.97. The molecule has 1 aromatic heterocycles. The highest BCUT2D eigenvalue weighted by atomic mass is 35.5. The molecule has 2 aromatic rings. The maximum atomic E-state index is 12.6. The van der Waals surface area contributed by atoms with Crippen LogP contribution in [0.15, 0.2) is 29.1 Å². The van der Waals surface area contributed by atoms with Gasteiger partial charge in [-0.15, -0.1) is 0 Å². The van der Waals surface area contributed by atoms with E-state index in [1.165, 1.54) is 6.07 Å². The van der Waals surface area contributed by atoms with E-state index in [4.69, 9.17) is 23.2 Å². The summed E-state index contributed by atoms with van der Waals surface area (Å²) in [4.78, 5) is 40.2. The molecule has 2 N–H and O–H groups in total. The summed E-state index contributed by atoms with van der Waals surface area (Å²) >= 11 is 12.1. The molecule has 1 atom stereocenters. The highest BCUT2D eigenvalue weighted by Gasteiger charge is 2.32. The van der Waals surface area contributed by atoms with Crippen LogP contribution in [-0.2, 0) is 6.42 Å². The summed E-state index contributed by atoms with van der Waals surface area (Å²) in [5, 5.41) is 3.67. The fourth-order valence-electron chi connectivity index (χ4n) is 3.40. The third kappa shape index (κ3) is 4.09. The maximum absolute atomic E-state index is 12.6. The molecule has 7 heteroatoms. The van der Waals surface area contributed by atoms with Crippen molar-refractivity contribution in [3.05, 3.63) is 67.0 Å². The van der Waals surface area contributed by atoms with Crippen LogP contribution in [0.1, 0.15) is 65.2 Å². The van der Waals surface area contributed by atoms with Gasteiger partial charge in [0.15, 0.2) is 5.78 Å². The Kier molecular flexibility index (Phi) is 5.19. The predicted molar refractivity (Wildman–Crippen MR) is 106 cm³/mol. The Morgan fingerprint density at radius 1 is 1.19 bits per heavy atom. The van der Waals surface area contributed by atoms with E-state index < -0.39 is 17.5 Å². The highest BCUT2D eigenvalue weighted by molar-refractivity contribution is 6.35. The van der Waals surface area contributed by atoms with Gasteiger partial charge in [-0.3, -0.25) is 14.4 Å². The first-order valence-electron chi connectivity index (χ1n) is 8.62. The van der Waals surface area contributed by atoms with Crippen molar-refractivity contribution in [2.45, 2.75) is 39.7 Å². The van der Waals surface area contributed by atoms with Gasteiger partial charge in [0.05, 0.1) is 6.04 Å². The fraction of sp³-hybridized carbons (Fsp3) is 0.350. The molecule has 0 radical (unpaired) electrons. The first-order valence-corrected chi connectivity index (χ1v) is 9.38. The minimum Gasteiger partial charge on any atom is -0.345 e. The summed E-state index contributed by atoms with van der Waals surface area (Å²) in [5.41, 5.74) is 0.880. The van der Waals surface area contributed by atoms with Crippen molar-refractivity contribution < 1.29 is 9.59 Å². The molecular formula is C20H20Cl2N2O3. The molecule has 1 aromatic carbocycles. The van der Waals surface area contributed by atoms with Crippen molar-refractivity contribution in [3.8, 4) is 0 Å². The van der Waals surface area contributed by atoms with Crippen LogP contribution in [0.3, 0.4) is 0 Å². The second-order valence-electron chi connectivity index (χ2n) is 7.71. The molecule has 1 heterocycles. The van der Waals surface area contributed by atoms with E-state index in [0.29, 0.717) is 39.7 Å². The molecule has 1 amide bonds. The van der Waals surface area contributed by atoms with Crippen LogP contribution in [0.2, 0.25) is 10.0 Å². The molecule has 0 spiro atoms. The highest BCUT2D eigenvalue weighted by Crippen LogP contribution is 2.33. The molecule has 0 saturated heterocycles. The van der Waals surface area contributed by atoms with E-state index in [1.54, 1.807) is 25.1 Å². The Hall–Kier alpha value is -2.11. The lowest BCUT2D eigenvalue weighted by Gasteiger charge is -2.29. The summed E-state index contributed by atoms with van der Waals surface area (Å²) in [7, 11) is 0. The average Bonchev–Trinajstić information content (AvgIpc) is 2.52. The first kappa shape index (κ1) is 19.6. The number of amides is 1. The zero-order valence-electron chi connectivity index (χ0n) is 15.3. The van der Waals surface area contributed by atoms with Crippen molar-refractivity contribution >= 4 is 34.9 Å². The Bertz CT molecular complexity index is 995. The van der Waals surface area contributed by atoms with Gasteiger partial charge in [0.25, 0.3) is 11.5 Å². The minimum absolute atomic E-state index is 0.0691. The van der Waals surface area contributed by atoms with Crippen LogP contribution in [0.4, 0.5) is 0 Å². The van der Waals surface area contributed by atoms with Gasteiger partial charge in [-0.05, 0) is 42.5 Å². The number of nitrogens with one attached hydrogen (secondary N) is 2. The number of halogens is 2. The van der Waals surface area contributed by atoms with Gasteiger partial charge in [0.1, 0.15) is 5.56 Å². The third-order valence-electron chi connectivity index (χ3n) is 4.74. The van der Waals surface area contributed by atoms with Gasteiger partial charge >= 0.3 is 0 Å². The van der Waals surface area contributed by atoms with Crippen LogP contribution in [0.25, 0.3) is 0 Å². The number of Topliss-reactive ketones (excluding diaryl/α,β-unsaturated/α-hetero) is 1. The molecule has 0 saturated carbocycles. The topological polar surface area (TPSA) is 79.0 Å². The molecule has 1 unspecified atom stereocenters. The predicted octanol–water partition coefficient (Wildman–Crippen LogP) is 4.33. The lowest BCUT2D eigenvalue weighted by molar-refractivity contribution is 0.0910. The zero-order chi connectivity index (χ0) is 19.9. The standard InChI is InChI=1S/C20H20Cl2N2O3/c1-10(12-5-4-11(21)6-15(12)22)23-18(26)14-7-13-16(24-19(14)27)8-20(2,3)9-17(13)25/h4-7,10H,8-9H2,1-3H3,(H,23,26)(H,24,27). The Balaban J connectivity index is 1.88. The number of carbonyl (C=O) groups is 2. The van der Waals surface area contributed by atoms with Gasteiger partial charge in [-0.2, -0.15) is 0 Å². The van der Waals surface area contributed by atoms with Crippen LogP contribution >= 0.6 is 23.2 Å². The lowest BCUT2D eigenvalue weighted by Crippen LogP contribution is -2.35. The van der Waals surface area contributed by atoms with Crippen LogP contribution in [0, 0.1) is 5.41 Å². The van der Waals surface area contributed by atoms with Crippen molar-refractivity contribution in [1.82, 2.24) is 10.3 Å². The number of H-pyrrole nitrogens is 1. The van der Waals surface area contributed by atoms with E-state index in [-0.39, 0.29) is 16.8 Å². The normalized spacial score (nSPS) is 16.6. The van der Waals surface area contributed by atoms with Gasteiger partial charge in [-0.25, -0.2) is 0 Å². The van der Waals surface area contributed by atoms with Crippen LogP contribution in [-0.4, -0.2) is 16.7 Å². The average molecular weight is 407 g/mol. The summed E-state index contributed by atoms with van der Waals surface area (Å²) in [5.74, 6) is -0.629. The number of benzene rings is 1. The van der Waals surface area contributed by atoms with Gasteiger partial charge in [-0.1, -0.05) is 43.1 Å². The Morgan fingerprint density at radius 3 is 2.56 bits per heavy atom. The zero-order valence-corrected chi connectivity index (χ0v) is 16.8. The second-order valence-corrected chi connectivity index (χ2v) is 8.55. The monoisotopic (exact) mass is 406 g/mol. The summed E-state index contributed by atoms with van der Waals surface area (Å²) in [6.07, 6.45) is 0.964. The van der Waals surface area contributed by atoms with Crippen molar-refractivity contribution in [2.24, 2.45) is 5.41 Å². The number of hydrogen-bond donors (Lipinski definition) is 2. The number of hydrogen-bond acceptors (Lipinski definition) is 3. The summed E-state index contributed by atoms with van der Waals surface area (Å²) in [6, 6.07) is 5.95. The number of carbonyl (C=O) groups excluding carboxylic acids is 2. The molecule has 142 valence electrons. The minimum atomic E-state index is -0.560. The largest absolute Gasteiger partial charge is 0.345 e. The quantitative estimate of drug-likeness (QED) is 0.795.